The fourth-order valence-electron chi connectivity index (χ4n) is 3.04. The molecular formula is C19H22N2O3S. The first-order chi connectivity index (χ1) is 12.0. The van der Waals surface area contributed by atoms with Crippen LogP contribution in [0.25, 0.3) is 10.6 Å². The summed E-state index contributed by atoms with van der Waals surface area (Å²) in [5, 5.41) is 11.7. The van der Waals surface area contributed by atoms with Crippen molar-refractivity contribution in [2.45, 2.75) is 32.6 Å². The van der Waals surface area contributed by atoms with Crippen molar-refractivity contribution in [2.24, 2.45) is 5.92 Å². The van der Waals surface area contributed by atoms with Crippen molar-refractivity contribution in [3.05, 3.63) is 40.9 Å². The minimum atomic E-state index is -0.832. The van der Waals surface area contributed by atoms with Gasteiger partial charge in [-0.15, -0.1) is 11.3 Å². The van der Waals surface area contributed by atoms with Gasteiger partial charge >= 0.3 is 5.97 Å². The molecule has 1 saturated heterocycles. The number of carbonyl (C=O) groups excluding carboxylic acids is 1. The highest BCUT2D eigenvalue weighted by Gasteiger charge is 2.29. The van der Waals surface area contributed by atoms with Crippen LogP contribution in [-0.4, -0.2) is 40.0 Å². The molecule has 2 aromatic rings. The molecule has 6 heteroatoms. The van der Waals surface area contributed by atoms with Crippen molar-refractivity contribution in [1.29, 1.82) is 0 Å². The smallest absolute Gasteiger partial charge is 0.308 e. The van der Waals surface area contributed by atoms with Gasteiger partial charge in [-0.25, -0.2) is 4.98 Å². The summed E-state index contributed by atoms with van der Waals surface area (Å²) in [6, 6.07) is 8.24. The van der Waals surface area contributed by atoms with E-state index in [1.807, 2.05) is 12.1 Å². The highest BCUT2D eigenvalue weighted by molar-refractivity contribution is 7.13. The van der Waals surface area contributed by atoms with Gasteiger partial charge in [0.25, 0.3) is 5.91 Å². The lowest BCUT2D eigenvalue weighted by atomic mass is 9.98. The zero-order valence-corrected chi connectivity index (χ0v) is 15.3. The number of piperidine rings is 1. The average molecular weight is 358 g/mol. The van der Waals surface area contributed by atoms with Crippen LogP contribution in [0.1, 0.15) is 48.7 Å². The lowest BCUT2D eigenvalue weighted by Gasteiger charge is -2.30. The summed E-state index contributed by atoms with van der Waals surface area (Å²) in [5.41, 5.74) is 2.67. The van der Waals surface area contributed by atoms with Gasteiger partial charge in [0, 0.05) is 24.0 Å². The quantitative estimate of drug-likeness (QED) is 0.901. The van der Waals surface area contributed by atoms with Crippen LogP contribution < -0.4 is 0 Å². The number of hydrogen-bond donors (Lipinski definition) is 1. The minimum Gasteiger partial charge on any atom is -0.481 e. The fraction of sp³-hybridized carbons (Fsp3) is 0.421. The normalized spacial score (nSPS) is 17.7. The van der Waals surface area contributed by atoms with Gasteiger partial charge in [-0.3, -0.25) is 9.59 Å². The number of rotatable bonds is 4. The number of nitrogens with zero attached hydrogens (tertiary/aromatic N) is 2. The molecule has 2 heterocycles. The van der Waals surface area contributed by atoms with E-state index in [9.17, 15) is 14.7 Å². The Morgan fingerprint density at radius 3 is 2.64 bits per heavy atom. The lowest BCUT2D eigenvalue weighted by Crippen LogP contribution is -2.42. The first-order valence-electron chi connectivity index (χ1n) is 8.53. The Morgan fingerprint density at radius 1 is 1.28 bits per heavy atom. The summed E-state index contributed by atoms with van der Waals surface area (Å²) in [4.78, 5) is 29.9. The summed E-state index contributed by atoms with van der Waals surface area (Å²) in [6.07, 6.45) is 1.35. The van der Waals surface area contributed by atoms with E-state index in [2.05, 4.69) is 31.0 Å². The number of likely N-dealkylation sites (tertiary alicyclic amines) is 1. The predicted molar refractivity (Wildman–Crippen MR) is 97.9 cm³/mol. The summed E-state index contributed by atoms with van der Waals surface area (Å²) in [7, 11) is 0. The second-order valence-electron chi connectivity index (χ2n) is 6.74. The van der Waals surface area contributed by atoms with Crippen molar-refractivity contribution in [2.75, 3.05) is 13.1 Å². The molecule has 0 saturated carbocycles. The van der Waals surface area contributed by atoms with Gasteiger partial charge in [-0.2, -0.15) is 0 Å². The van der Waals surface area contributed by atoms with Crippen molar-refractivity contribution in [3.8, 4) is 10.6 Å². The molecule has 1 atom stereocenters. The molecule has 1 fully saturated rings. The van der Waals surface area contributed by atoms with Gasteiger partial charge in [-0.05, 0) is 24.3 Å². The number of benzene rings is 1. The summed E-state index contributed by atoms with van der Waals surface area (Å²) >= 11 is 1.44. The highest BCUT2D eigenvalue weighted by Crippen LogP contribution is 2.27. The van der Waals surface area contributed by atoms with E-state index in [4.69, 9.17) is 0 Å². The Morgan fingerprint density at radius 2 is 2.00 bits per heavy atom. The average Bonchev–Trinajstić information content (AvgIpc) is 3.11. The molecular weight excluding hydrogens is 336 g/mol. The molecule has 1 aromatic heterocycles. The molecule has 1 aliphatic heterocycles. The zero-order chi connectivity index (χ0) is 18.0. The second kappa shape index (κ2) is 7.35. The monoisotopic (exact) mass is 358 g/mol. The van der Waals surface area contributed by atoms with Crippen molar-refractivity contribution < 1.29 is 14.7 Å². The number of aliphatic carboxylic acids is 1. The van der Waals surface area contributed by atoms with Crippen molar-refractivity contribution in [3.63, 3.8) is 0 Å². The molecule has 0 bridgehead atoms. The number of thiazole rings is 1. The van der Waals surface area contributed by atoms with Crippen LogP contribution in [-0.2, 0) is 4.79 Å². The summed E-state index contributed by atoms with van der Waals surface area (Å²) in [5.74, 6) is -1.00. The first kappa shape index (κ1) is 17.6. The van der Waals surface area contributed by atoms with Crippen LogP contribution in [0.5, 0.6) is 0 Å². The first-order valence-corrected chi connectivity index (χ1v) is 9.41. The Balaban J connectivity index is 1.74. The number of aromatic nitrogens is 1. The Labute approximate surface area is 151 Å². The molecule has 1 unspecified atom stereocenters. The maximum Gasteiger partial charge on any atom is 0.308 e. The largest absolute Gasteiger partial charge is 0.481 e. The molecule has 1 N–H and O–H groups in total. The SMILES string of the molecule is CC(C)c1ccc(-c2nc(C(=O)N3CCCC(C(=O)O)C3)cs2)cc1. The van der Waals surface area contributed by atoms with Gasteiger partial charge in [0.2, 0.25) is 0 Å². The van der Waals surface area contributed by atoms with Gasteiger partial charge < -0.3 is 10.0 Å². The third kappa shape index (κ3) is 3.90. The maximum absolute atomic E-state index is 12.6. The van der Waals surface area contributed by atoms with E-state index in [0.717, 1.165) is 17.0 Å². The molecule has 0 aliphatic carbocycles. The topological polar surface area (TPSA) is 70.5 Å². The molecule has 1 aliphatic rings. The van der Waals surface area contributed by atoms with Crippen LogP contribution in [0.2, 0.25) is 0 Å². The molecule has 5 nitrogen and oxygen atoms in total. The Kier molecular flexibility index (Phi) is 5.18. The Bertz CT molecular complexity index is 767. The van der Waals surface area contributed by atoms with Gasteiger partial charge in [0.15, 0.2) is 0 Å². The van der Waals surface area contributed by atoms with Crippen molar-refractivity contribution >= 4 is 23.2 Å². The lowest BCUT2D eigenvalue weighted by molar-refractivity contribution is -0.143. The third-order valence-corrected chi connectivity index (χ3v) is 5.50. The fourth-order valence-corrected chi connectivity index (χ4v) is 3.84. The highest BCUT2D eigenvalue weighted by atomic mass is 32.1. The van der Waals surface area contributed by atoms with Crippen LogP contribution >= 0.6 is 11.3 Å². The van der Waals surface area contributed by atoms with Gasteiger partial charge in [0.05, 0.1) is 5.92 Å². The van der Waals surface area contributed by atoms with E-state index in [0.29, 0.717) is 24.6 Å². The maximum atomic E-state index is 12.6. The van der Waals surface area contributed by atoms with Crippen molar-refractivity contribution in [1.82, 2.24) is 9.88 Å². The van der Waals surface area contributed by atoms with Crippen LogP contribution in [0.15, 0.2) is 29.6 Å². The van der Waals surface area contributed by atoms with E-state index in [1.54, 1.807) is 10.3 Å². The number of hydrogen-bond acceptors (Lipinski definition) is 4. The molecule has 132 valence electrons. The molecule has 1 aromatic carbocycles. The molecule has 0 spiro atoms. The zero-order valence-electron chi connectivity index (χ0n) is 14.4. The van der Waals surface area contributed by atoms with Crippen LogP contribution in [0, 0.1) is 5.92 Å². The number of carboxylic acids is 1. The number of carbonyl (C=O) groups is 2. The predicted octanol–water partition coefficient (Wildman–Crippen LogP) is 3.87. The number of carboxylic acid groups (broad SMARTS) is 1. The second-order valence-corrected chi connectivity index (χ2v) is 7.60. The van der Waals surface area contributed by atoms with Gasteiger partial charge in [0.1, 0.15) is 10.7 Å². The minimum absolute atomic E-state index is 0.174. The molecule has 0 radical (unpaired) electrons. The van der Waals surface area contributed by atoms with E-state index in [-0.39, 0.29) is 12.5 Å². The van der Waals surface area contributed by atoms with E-state index >= 15 is 0 Å². The van der Waals surface area contributed by atoms with Crippen LogP contribution in [0.4, 0.5) is 0 Å². The Hall–Kier alpha value is -2.21. The van der Waals surface area contributed by atoms with Crippen LogP contribution in [0.3, 0.4) is 0 Å². The standard InChI is InChI=1S/C19H22N2O3S/c1-12(2)13-5-7-14(8-6-13)17-20-16(11-25-17)18(22)21-9-3-4-15(10-21)19(23)24/h5-8,11-12,15H,3-4,9-10H2,1-2H3,(H,23,24). The molecule has 1 amide bonds. The third-order valence-electron chi connectivity index (χ3n) is 4.61. The van der Waals surface area contributed by atoms with E-state index < -0.39 is 11.9 Å². The summed E-state index contributed by atoms with van der Waals surface area (Å²) < 4.78 is 0. The van der Waals surface area contributed by atoms with E-state index in [1.165, 1.54) is 16.9 Å². The number of amides is 1. The molecule has 3 rings (SSSR count). The van der Waals surface area contributed by atoms with Gasteiger partial charge in [-0.1, -0.05) is 38.1 Å². The molecule has 25 heavy (non-hydrogen) atoms. The summed E-state index contributed by atoms with van der Waals surface area (Å²) in [6.45, 7) is 5.17.